The number of hydrogen-bond donors (Lipinski definition) is 1. The molecule has 154 valence electrons. The van der Waals surface area contributed by atoms with Crippen LogP contribution in [0.1, 0.15) is 29.9 Å². The van der Waals surface area contributed by atoms with Gasteiger partial charge in [0.05, 0.1) is 51.5 Å². The van der Waals surface area contributed by atoms with Gasteiger partial charge in [-0.3, -0.25) is 13.9 Å². The summed E-state index contributed by atoms with van der Waals surface area (Å²) in [6.45, 7) is 6.23. The van der Waals surface area contributed by atoms with Crippen molar-refractivity contribution in [1.82, 2.24) is 9.13 Å². The van der Waals surface area contributed by atoms with Gasteiger partial charge in [0.25, 0.3) is 5.56 Å². The van der Waals surface area contributed by atoms with Gasteiger partial charge < -0.3 is 9.64 Å². The van der Waals surface area contributed by atoms with Gasteiger partial charge in [-0.1, -0.05) is 30.3 Å². The fraction of sp³-hybridized carbons (Fsp3) is 0.455. The summed E-state index contributed by atoms with van der Waals surface area (Å²) in [7, 11) is 4.13. The second kappa shape index (κ2) is 7.55. The highest BCUT2D eigenvalue weighted by Gasteiger charge is 2.31. The molecule has 0 fully saturated rings. The zero-order chi connectivity index (χ0) is 20.8. The van der Waals surface area contributed by atoms with Gasteiger partial charge in [-0.15, -0.1) is 11.3 Å². The Balaban J connectivity index is 1.93. The topological polar surface area (TPSA) is 57.7 Å². The smallest absolute Gasteiger partial charge is 0.332 e. The third kappa shape index (κ3) is 3.82. The molecule has 1 aromatic carbocycles. The standard InChI is InChI=1S/C22H27N3O3S/c1-22(2)12-17-16(14-28-22)18-19(29-17)20(26)25(13-15-8-6-5-7-9-15)21(27)24(18)11-10-23(3)4/h5-9H,10-14H2,1-4H3/p+1. The molecule has 0 saturated carbocycles. The predicted octanol–water partition coefficient (Wildman–Crippen LogP) is 1.27. The summed E-state index contributed by atoms with van der Waals surface area (Å²) >= 11 is 1.53. The molecule has 0 amide bonds. The largest absolute Gasteiger partial charge is 0.370 e. The van der Waals surface area contributed by atoms with E-state index >= 15 is 0 Å². The second-order valence-corrected chi connectivity index (χ2v) is 9.78. The average molecular weight is 415 g/mol. The number of aromatic nitrogens is 2. The van der Waals surface area contributed by atoms with Crippen molar-refractivity contribution in [3.63, 3.8) is 0 Å². The first-order chi connectivity index (χ1) is 13.8. The van der Waals surface area contributed by atoms with Crippen LogP contribution < -0.4 is 16.1 Å². The molecule has 29 heavy (non-hydrogen) atoms. The number of fused-ring (bicyclic) bond motifs is 3. The minimum absolute atomic E-state index is 0.195. The van der Waals surface area contributed by atoms with Crippen LogP contribution in [0.4, 0.5) is 0 Å². The van der Waals surface area contributed by atoms with Crippen molar-refractivity contribution in [3.05, 3.63) is 67.2 Å². The van der Waals surface area contributed by atoms with E-state index in [0.29, 0.717) is 17.9 Å². The van der Waals surface area contributed by atoms with Gasteiger partial charge >= 0.3 is 5.69 Å². The highest BCUT2D eigenvalue weighted by Crippen LogP contribution is 2.37. The van der Waals surface area contributed by atoms with Gasteiger partial charge in [0.1, 0.15) is 4.70 Å². The van der Waals surface area contributed by atoms with Gasteiger partial charge in [0, 0.05) is 16.9 Å². The maximum Gasteiger partial charge on any atom is 0.332 e. The number of ether oxygens (including phenoxy) is 1. The Hall–Kier alpha value is -2.22. The summed E-state index contributed by atoms with van der Waals surface area (Å²) in [4.78, 5) is 29.2. The Labute approximate surface area is 174 Å². The summed E-state index contributed by atoms with van der Waals surface area (Å²) in [5.74, 6) is 0. The molecule has 2 aromatic heterocycles. The van der Waals surface area contributed by atoms with Crippen molar-refractivity contribution in [1.29, 1.82) is 0 Å². The van der Waals surface area contributed by atoms with Crippen molar-refractivity contribution < 1.29 is 9.64 Å². The fourth-order valence-corrected chi connectivity index (χ4v) is 5.30. The van der Waals surface area contributed by atoms with Gasteiger partial charge in [-0.2, -0.15) is 0 Å². The molecule has 0 radical (unpaired) electrons. The maximum atomic E-state index is 13.4. The van der Waals surface area contributed by atoms with Gasteiger partial charge in [-0.05, 0) is 19.4 Å². The van der Waals surface area contributed by atoms with Crippen LogP contribution in [0.5, 0.6) is 0 Å². The minimum atomic E-state index is -0.254. The third-order valence-electron chi connectivity index (χ3n) is 5.45. The van der Waals surface area contributed by atoms with Crippen molar-refractivity contribution in [2.24, 2.45) is 0 Å². The van der Waals surface area contributed by atoms with E-state index < -0.39 is 0 Å². The molecule has 0 atom stereocenters. The summed E-state index contributed by atoms with van der Waals surface area (Å²) in [6.07, 6.45) is 0.757. The number of thiophene rings is 1. The molecular formula is C22H28N3O3S+. The molecule has 3 heterocycles. The minimum Gasteiger partial charge on any atom is -0.370 e. The lowest BCUT2D eigenvalue weighted by atomic mass is 9.98. The number of rotatable bonds is 5. The summed E-state index contributed by atoms with van der Waals surface area (Å²) in [5, 5.41) is 0. The number of nitrogens with one attached hydrogen (secondary N) is 1. The Kier molecular flexibility index (Phi) is 5.23. The molecule has 1 aliphatic heterocycles. The van der Waals surface area contributed by atoms with Crippen LogP contribution in [0.15, 0.2) is 39.9 Å². The quantitative estimate of drug-likeness (QED) is 0.684. The van der Waals surface area contributed by atoms with Crippen LogP contribution in [0.3, 0.4) is 0 Å². The fourth-order valence-electron chi connectivity index (χ4n) is 3.83. The second-order valence-electron chi connectivity index (χ2n) is 8.67. The average Bonchev–Trinajstić information content (AvgIpc) is 3.03. The number of hydrogen-bond acceptors (Lipinski definition) is 4. The predicted molar refractivity (Wildman–Crippen MR) is 116 cm³/mol. The molecule has 1 N–H and O–H groups in total. The molecule has 1 aliphatic rings. The van der Waals surface area contributed by atoms with Crippen molar-refractivity contribution in [2.75, 3.05) is 20.6 Å². The van der Waals surface area contributed by atoms with Crippen LogP contribution in [-0.2, 0) is 30.9 Å². The van der Waals surface area contributed by atoms with Gasteiger partial charge in [0.15, 0.2) is 0 Å². The molecule has 0 bridgehead atoms. The van der Waals surface area contributed by atoms with E-state index in [4.69, 9.17) is 4.74 Å². The summed E-state index contributed by atoms with van der Waals surface area (Å²) in [6, 6.07) is 9.68. The Morgan fingerprint density at radius 3 is 2.55 bits per heavy atom. The molecule has 4 rings (SSSR count). The van der Waals surface area contributed by atoms with Crippen LogP contribution in [0.2, 0.25) is 0 Å². The molecule has 0 aliphatic carbocycles. The van der Waals surface area contributed by atoms with Crippen molar-refractivity contribution in [2.45, 2.75) is 45.6 Å². The molecule has 3 aromatic rings. The van der Waals surface area contributed by atoms with Crippen molar-refractivity contribution >= 4 is 21.6 Å². The first-order valence-corrected chi connectivity index (χ1v) is 10.8. The van der Waals surface area contributed by atoms with Crippen LogP contribution in [-0.4, -0.2) is 35.4 Å². The molecule has 6 nitrogen and oxygen atoms in total. The first-order valence-electron chi connectivity index (χ1n) is 10.0. The number of nitrogens with zero attached hydrogens (tertiary/aromatic N) is 2. The van der Waals surface area contributed by atoms with E-state index in [-0.39, 0.29) is 23.4 Å². The SMILES string of the molecule is C[NH+](C)CCn1c(=O)n(Cc2ccccc2)c(=O)c2sc3c(c21)COC(C)(C)C3. The molecular weight excluding hydrogens is 386 g/mol. The van der Waals surface area contributed by atoms with Gasteiger partial charge in [0.2, 0.25) is 0 Å². The van der Waals surface area contributed by atoms with Crippen LogP contribution >= 0.6 is 11.3 Å². The van der Waals surface area contributed by atoms with Crippen molar-refractivity contribution in [3.8, 4) is 0 Å². The number of benzene rings is 1. The van der Waals surface area contributed by atoms with Gasteiger partial charge in [-0.25, -0.2) is 4.79 Å². The van der Waals surface area contributed by atoms with E-state index in [1.807, 2.05) is 30.3 Å². The van der Waals surface area contributed by atoms with E-state index in [9.17, 15) is 9.59 Å². The highest BCUT2D eigenvalue weighted by atomic mass is 32.1. The van der Waals surface area contributed by atoms with Crippen LogP contribution in [0, 0.1) is 0 Å². The molecule has 0 saturated heterocycles. The number of quaternary nitrogens is 1. The lowest BCUT2D eigenvalue weighted by Gasteiger charge is -2.30. The molecule has 0 unspecified atom stereocenters. The lowest BCUT2D eigenvalue weighted by Crippen LogP contribution is -3.06. The summed E-state index contributed by atoms with van der Waals surface area (Å²) < 4.78 is 9.87. The lowest BCUT2D eigenvalue weighted by molar-refractivity contribution is -0.858. The van der Waals surface area contributed by atoms with E-state index in [1.54, 1.807) is 4.57 Å². The zero-order valence-electron chi connectivity index (χ0n) is 17.4. The van der Waals surface area contributed by atoms with Crippen LogP contribution in [0.25, 0.3) is 10.2 Å². The normalized spacial score (nSPS) is 15.8. The Bertz CT molecular complexity index is 1160. The highest BCUT2D eigenvalue weighted by molar-refractivity contribution is 7.19. The zero-order valence-corrected chi connectivity index (χ0v) is 18.3. The monoisotopic (exact) mass is 414 g/mol. The third-order valence-corrected chi connectivity index (χ3v) is 6.66. The Morgan fingerprint density at radius 2 is 1.86 bits per heavy atom. The van der Waals surface area contributed by atoms with E-state index in [1.165, 1.54) is 20.8 Å². The Morgan fingerprint density at radius 1 is 1.14 bits per heavy atom. The number of likely N-dealkylation sites (N-methyl/N-ethyl adjacent to an activating group) is 1. The first kappa shape index (κ1) is 20.1. The maximum absolute atomic E-state index is 13.4. The summed E-state index contributed by atoms with van der Waals surface area (Å²) in [5.41, 5.74) is 2.05. The van der Waals surface area contributed by atoms with E-state index in [0.717, 1.165) is 34.5 Å². The molecule has 7 heteroatoms. The molecule has 0 spiro atoms. The van der Waals surface area contributed by atoms with E-state index in [2.05, 4.69) is 27.9 Å².